The topological polar surface area (TPSA) is 76.8 Å². The summed E-state index contributed by atoms with van der Waals surface area (Å²) < 4.78 is 0. The second-order valence-electron chi connectivity index (χ2n) is 2.25. The van der Waals surface area contributed by atoms with Gasteiger partial charge in [0.2, 0.25) is 0 Å². The molecule has 4 nitrogen and oxygen atoms in total. The number of nitrogens with two attached hydrogens (primary N) is 2. The lowest BCUT2D eigenvalue weighted by Crippen LogP contribution is -1.87. The van der Waals surface area contributed by atoms with Gasteiger partial charge in [0, 0.05) is 0 Å². The fourth-order valence-electron chi connectivity index (χ4n) is 0.735. The van der Waals surface area contributed by atoms with Gasteiger partial charge in [-0.3, -0.25) is 0 Å². The predicted octanol–water partition coefficient (Wildman–Crippen LogP) is 1.57. The van der Waals surface area contributed by atoms with Crippen LogP contribution in [0.15, 0.2) is 28.2 Å². The molecular weight excluding hydrogens is 188 g/mol. The minimum absolute atomic E-state index is 0.478. The maximum absolute atomic E-state index is 5.76. The summed E-state index contributed by atoms with van der Waals surface area (Å²) >= 11 is 5.76. The number of anilines is 1. The molecule has 1 aromatic carbocycles. The Balaban J connectivity index is 2.85. The van der Waals surface area contributed by atoms with Crippen molar-refractivity contribution in [2.75, 3.05) is 5.73 Å². The molecular formula is C8H9ClN4. The molecule has 68 valence electrons. The van der Waals surface area contributed by atoms with E-state index >= 15 is 0 Å². The van der Waals surface area contributed by atoms with Crippen LogP contribution in [0.1, 0.15) is 0 Å². The third-order valence-electron chi connectivity index (χ3n) is 1.34. The summed E-state index contributed by atoms with van der Waals surface area (Å²) in [5, 5.41) is 0.478. The maximum atomic E-state index is 5.76. The number of rotatable bonds is 2. The van der Waals surface area contributed by atoms with Gasteiger partial charge < -0.3 is 11.5 Å². The first-order valence-electron chi connectivity index (χ1n) is 3.55. The molecule has 0 saturated carbocycles. The first-order chi connectivity index (χ1) is 6.24. The lowest BCUT2D eigenvalue weighted by atomic mass is 10.3. The molecule has 0 saturated heterocycles. The molecule has 0 aliphatic rings. The van der Waals surface area contributed by atoms with E-state index in [2.05, 4.69) is 9.98 Å². The van der Waals surface area contributed by atoms with Crippen LogP contribution in [-0.2, 0) is 0 Å². The van der Waals surface area contributed by atoms with Crippen molar-refractivity contribution in [2.45, 2.75) is 0 Å². The summed E-state index contributed by atoms with van der Waals surface area (Å²) in [5.41, 5.74) is 11.7. The van der Waals surface area contributed by atoms with Gasteiger partial charge in [0.05, 0.1) is 22.7 Å². The molecule has 0 spiro atoms. The molecule has 1 aromatic rings. The molecule has 0 heterocycles. The Morgan fingerprint density at radius 2 is 2.15 bits per heavy atom. The number of hydrogen-bond donors (Lipinski definition) is 2. The van der Waals surface area contributed by atoms with Crippen LogP contribution in [-0.4, -0.2) is 12.7 Å². The molecule has 0 unspecified atom stereocenters. The van der Waals surface area contributed by atoms with Gasteiger partial charge in [-0.15, -0.1) is 0 Å². The summed E-state index contributed by atoms with van der Waals surface area (Å²) in [7, 11) is 0. The highest BCUT2D eigenvalue weighted by Gasteiger charge is 1.95. The lowest BCUT2D eigenvalue weighted by Gasteiger charge is -1.97. The van der Waals surface area contributed by atoms with Crippen LogP contribution in [0.4, 0.5) is 11.4 Å². The van der Waals surface area contributed by atoms with Gasteiger partial charge in [-0.05, 0) is 18.2 Å². The number of hydrogen-bond acceptors (Lipinski definition) is 2. The number of halogens is 1. The van der Waals surface area contributed by atoms with E-state index in [1.54, 1.807) is 18.2 Å². The van der Waals surface area contributed by atoms with Crippen molar-refractivity contribution >= 4 is 35.7 Å². The van der Waals surface area contributed by atoms with E-state index in [-0.39, 0.29) is 0 Å². The van der Waals surface area contributed by atoms with Crippen molar-refractivity contribution in [1.29, 1.82) is 0 Å². The molecule has 4 N–H and O–H groups in total. The Bertz CT molecular complexity index is 346. The molecule has 1 rings (SSSR count). The standard InChI is InChI=1S/C8H9ClN4/c9-7-3-6(1-2-8(7)11)13-5-12-4-10/h1-5H,11H2,(H2,10,12,13). The Labute approximate surface area is 80.9 Å². The van der Waals surface area contributed by atoms with Crippen LogP contribution < -0.4 is 11.5 Å². The van der Waals surface area contributed by atoms with Crippen molar-refractivity contribution in [1.82, 2.24) is 0 Å². The largest absolute Gasteiger partial charge is 0.398 e. The summed E-state index contributed by atoms with van der Waals surface area (Å²) in [4.78, 5) is 7.56. The Kier molecular flexibility index (Phi) is 3.28. The van der Waals surface area contributed by atoms with Crippen LogP contribution in [0.25, 0.3) is 0 Å². The molecule has 0 atom stereocenters. The van der Waals surface area contributed by atoms with Gasteiger partial charge in [0.15, 0.2) is 0 Å². The zero-order valence-corrected chi connectivity index (χ0v) is 7.57. The molecule has 0 fully saturated rings. The van der Waals surface area contributed by atoms with Gasteiger partial charge in [-0.2, -0.15) is 0 Å². The summed E-state index contributed by atoms with van der Waals surface area (Å²) in [6, 6.07) is 5.07. The third-order valence-corrected chi connectivity index (χ3v) is 1.67. The second-order valence-corrected chi connectivity index (χ2v) is 2.66. The fraction of sp³-hybridized carbons (Fsp3) is 0. The minimum Gasteiger partial charge on any atom is -0.398 e. The molecule has 0 amide bonds. The zero-order valence-electron chi connectivity index (χ0n) is 6.81. The number of nitrogen functional groups attached to an aromatic ring is 1. The van der Waals surface area contributed by atoms with Crippen molar-refractivity contribution < 1.29 is 0 Å². The Morgan fingerprint density at radius 3 is 2.77 bits per heavy atom. The summed E-state index contributed by atoms with van der Waals surface area (Å²) in [6.45, 7) is 0. The van der Waals surface area contributed by atoms with E-state index in [0.717, 1.165) is 6.34 Å². The first kappa shape index (κ1) is 9.54. The molecule has 0 bridgehead atoms. The van der Waals surface area contributed by atoms with Gasteiger partial charge in [-0.1, -0.05) is 11.6 Å². The highest BCUT2D eigenvalue weighted by Crippen LogP contribution is 2.23. The average molecular weight is 197 g/mol. The normalized spacial score (nSPS) is 11.5. The Hall–Kier alpha value is -1.55. The minimum atomic E-state index is 0.478. The molecule has 5 heteroatoms. The number of aliphatic imine (C=N–C) groups is 2. The molecule has 0 aliphatic heterocycles. The quantitative estimate of drug-likeness (QED) is 0.428. The predicted molar refractivity (Wildman–Crippen MR) is 56.7 cm³/mol. The van der Waals surface area contributed by atoms with Gasteiger partial charge in [0.1, 0.15) is 6.34 Å². The monoisotopic (exact) mass is 196 g/mol. The highest BCUT2D eigenvalue weighted by molar-refractivity contribution is 6.33. The van der Waals surface area contributed by atoms with E-state index in [4.69, 9.17) is 23.1 Å². The van der Waals surface area contributed by atoms with Gasteiger partial charge in [0.25, 0.3) is 0 Å². The van der Waals surface area contributed by atoms with Crippen LogP contribution in [0.5, 0.6) is 0 Å². The lowest BCUT2D eigenvalue weighted by molar-refractivity contribution is 1.51. The Morgan fingerprint density at radius 1 is 1.38 bits per heavy atom. The zero-order chi connectivity index (χ0) is 9.68. The van der Waals surface area contributed by atoms with Crippen LogP contribution in [0, 0.1) is 0 Å². The number of nitrogens with zero attached hydrogens (tertiary/aromatic N) is 2. The summed E-state index contributed by atoms with van der Waals surface area (Å²) in [5.74, 6) is 0. The van der Waals surface area contributed by atoms with E-state index < -0.39 is 0 Å². The molecule has 0 radical (unpaired) electrons. The van der Waals surface area contributed by atoms with Gasteiger partial charge in [-0.25, -0.2) is 9.98 Å². The van der Waals surface area contributed by atoms with Crippen molar-refractivity contribution in [3.8, 4) is 0 Å². The SMILES string of the molecule is NC=NC=Nc1ccc(N)c(Cl)c1. The third kappa shape index (κ3) is 2.76. The van der Waals surface area contributed by atoms with E-state index in [0.29, 0.717) is 16.4 Å². The number of benzene rings is 1. The van der Waals surface area contributed by atoms with Crippen LogP contribution in [0.2, 0.25) is 5.02 Å². The van der Waals surface area contributed by atoms with Gasteiger partial charge >= 0.3 is 0 Å². The van der Waals surface area contributed by atoms with Crippen LogP contribution in [0.3, 0.4) is 0 Å². The molecule has 13 heavy (non-hydrogen) atoms. The van der Waals surface area contributed by atoms with E-state index in [9.17, 15) is 0 Å². The second kappa shape index (κ2) is 4.47. The average Bonchev–Trinajstić information content (AvgIpc) is 2.12. The smallest absolute Gasteiger partial charge is 0.117 e. The van der Waals surface area contributed by atoms with E-state index in [1.807, 2.05) is 0 Å². The van der Waals surface area contributed by atoms with E-state index in [1.165, 1.54) is 6.34 Å². The van der Waals surface area contributed by atoms with Crippen LogP contribution >= 0.6 is 11.6 Å². The van der Waals surface area contributed by atoms with Crippen molar-refractivity contribution in [2.24, 2.45) is 15.7 Å². The summed E-state index contributed by atoms with van der Waals surface area (Å²) in [6.07, 6.45) is 2.49. The maximum Gasteiger partial charge on any atom is 0.117 e. The molecule has 0 aromatic heterocycles. The first-order valence-corrected chi connectivity index (χ1v) is 3.93. The van der Waals surface area contributed by atoms with Crippen molar-refractivity contribution in [3.63, 3.8) is 0 Å². The fourth-order valence-corrected chi connectivity index (χ4v) is 0.910. The highest BCUT2D eigenvalue weighted by atomic mass is 35.5. The molecule has 0 aliphatic carbocycles. The van der Waals surface area contributed by atoms with Crippen molar-refractivity contribution in [3.05, 3.63) is 23.2 Å².